The van der Waals surface area contributed by atoms with Crippen LogP contribution in [0, 0.1) is 23.7 Å². The molecule has 1 aliphatic carbocycles. The summed E-state index contributed by atoms with van der Waals surface area (Å²) in [6.45, 7) is 0. The molecule has 0 amide bonds. The molecule has 0 aliphatic heterocycles. The molecule has 1 fully saturated rings. The van der Waals surface area contributed by atoms with E-state index in [1.807, 2.05) is 0 Å². The summed E-state index contributed by atoms with van der Waals surface area (Å²) in [6, 6.07) is 0. The van der Waals surface area contributed by atoms with Crippen LogP contribution in [0.4, 0.5) is 0 Å². The minimum absolute atomic E-state index is 0.0499. The number of halogens is 3. The lowest BCUT2D eigenvalue weighted by atomic mass is 9.86. The van der Waals surface area contributed by atoms with Crippen LogP contribution in [0.2, 0.25) is 0 Å². The van der Waals surface area contributed by atoms with Crippen molar-refractivity contribution in [3.63, 3.8) is 0 Å². The number of carbonyl (C=O) groups excluding carboxylic acids is 3. The Hall–Kier alpha value is -0.650. The fraction of sp³-hybridized carbons (Fsp3) is 0.600. The van der Waals surface area contributed by atoms with Crippen molar-refractivity contribution in [1.82, 2.24) is 0 Å². The van der Waals surface area contributed by atoms with Crippen LogP contribution in [-0.4, -0.2) is 26.8 Å². The van der Waals surface area contributed by atoms with Gasteiger partial charge in [-0.25, -0.2) is 0 Å². The van der Waals surface area contributed by atoms with Crippen molar-refractivity contribution in [3.8, 4) is 0 Å². The van der Waals surface area contributed by atoms with Crippen molar-refractivity contribution in [2.24, 2.45) is 23.7 Å². The molecule has 1 aliphatic rings. The smallest absolute Gasteiger partial charge is 0.303 e. The van der Waals surface area contributed by atoms with Crippen LogP contribution >= 0.6 is 34.8 Å². The molecule has 0 heterocycles. The number of aliphatic carboxylic acids is 1. The molecule has 4 atom stereocenters. The van der Waals surface area contributed by atoms with Crippen molar-refractivity contribution >= 4 is 56.5 Å². The minimum Gasteiger partial charge on any atom is -0.481 e. The van der Waals surface area contributed by atoms with E-state index in [1.165, 1.54) is 0 Å². The van der Waals surface area contributed by atoms with E-state index >= 15 is 0 Å². The van der Waals surface area contributed by atoms with E-state index in [0.717, 1.165) is 0 Å². The Bertz CT molecular complexity index is 408. The molecule has 4 unspecified atom stereocenters. The van der Waals surface area contributed by atoms with Gasteiger partial charge in [-0.2, -0.15) is 0 Å². The molecular formula is C10H9Cl3O5. The zero-order valence-corrected chi connectivity index (χ0v) is 11.2. The zero-order valence-electron chi connectivity index (χ0n) is 8.94. The maximum Gasteiger partial charge on any atom is 0.303 e. The molecule has 0 bridgehead atoms. The minimum atomic E-state index is -1.20. The topological polar surface area (TPSA) is 88.5 Å². The fourth-order valence-electron chi connectivity index (χ4n) is 2.44. The Balaban J connectivity index is 3.10. The highest BCUT2D eigenvalue weighted by molar-refractivity contribution is 6.67. The quantitative estimate of drug-likeness (QED) is 0.779. The largest absolute Gasteiger partial charge is 0.481 e. The standard InChI is InChI=1S/C10H9Cl3O5/c11-8(16)4-1-5(9(12)17)7(10(13)18)3(4)2-6(14)15/h3-5,7H,1-2H2,(H,14,15). The SMILES string of the molecule is O=C(O)CC1C(C(=O)Cl)CC(C(=O)Cl)C1C(=O)Cl. The number of hydrogen-bond donors (Lipinski definition) is 1. The van der Waals surface area contributed by atoms with Gasteiger partial charge in [-0.1, -0.05) is 0 Å². The van der Waals surface area contributed by atoms with Gasteiger partial charge in [0.25, 0.3) is 0 Å². The van der Waals surface area contributed by atoms with E-state index in [9.17, 15) is 19.2 Å². The van der Waals surface area contributed by atoms with Crippen LogP contribution in [0.5, 0.6) is 0 Å². The highest BCUT2D eigenvalue weighted by Gasteiger charge is 2.51. The van der Waals surface area contributed by atoms with Gasteiger partial charge in [0.15, 0.2) is 0 Å². The molecule has 8 heteroatoms. The molecule has 0 radical (unpaired) electrons. The summed E-state index contributed by atoms with van der Waals surface area (Å²) < 4.78 is 0. The Morgan fingerprint density at radius 2 is 1.44 bits per heavy atom. The van der Waals surface area contributed by atoms with Crippen molar-refractivity contribution in [2.75, 3.05) is 0 Å². The average molecular weight is 316 g/mol. The number of hydrogen-bond acceptors (Lipinski definition) is 4. The molecule has 1 saturated carbocycles. The van der Waals surface area contributed by atoms with Crippen LogP contribution < -0.4 is 0 Å². The summed E-state index contributed by atoms with van der Waals surface area (Å²) >= 11 is 16.1. The van der Waals surface area contributed by atoms with Crippen molar-refractivity contribution in [2.45, 2.75) is 12.8 Å². The normalized spacial score (nSPS) is 31.1. The lowest BCUT2D eigenvalue weighted by Crippen LogP contribution is -2.28. The summed E-state index contributed by atoms with van der Waals surface area (Å²) in [4.78, 5) is 44.5. The lowest BCUT2D eigenvalue weighted by Gasteiger charge is -2.19. The van der Waals surface area contributed by atoms with Gasteiger partial charge in [-0.05, 0) is 47.1 Å². The first kappa shape index (κ1) is 15.4. The predicted octanol–water partition coefficient (Wildman–Crippen LogP) is 1.63. The second-order valence-corrected chi connectivity index (χ2v) is 5.27. The monoisotopic (exact) mass is 314 g/mol. The highest BCUT2D eigenvalue weighted by Crippen LogP contribution is 2.46. The predicted molar refractivity (Wildman–Crippen MR) is 63.4 cm³/mol. The first-order chi connectivity index (χ1) is 8.25. The van der Waals surface area contributed by atoms with Crippen molar-refractivity contribution < 1.29 is 24.3 Å². The summed E-state index contributed by atoms with van der Waals surface area (Å²) in [5.41, 5.74) is 0. The van der Waals surface area contributed by atoms with E-state index in [-0.39, 0.29) is 6.42 Å². The second-order valence-electron chi connectivity index (χ2n) is 4.15. The van der Waals surface area contributed by atoms with Crippen LogP contribution in [0.25, 0.3) is 0 Å². The molecule has 0 saturated heterocycles. The first-order valence-corrected chi connectivity index (χ1v) is 6.19. The molecule has 0 spiro atoms. The summed E-state index contributed by atoms with van der Waals surface area (Å²) in [5.74, 6) is -5.05. The summed E-state index contributed by atoms with van der Waals surface area (Å²) in [6.07, 6.45) is -0.515. The van der Waals surface area contributed by atoms with Crippen LogP contribution in [-0.2, 0) is 19.2 Å². The Labute approximate surface area is 117 Å². The van der Waals surface area contributed by atoms with Crippen molar-refractivity contribution in [3.05, 3.63) is 0 Å². The van der Waals surface area contributed by atoms with Crippen LogP contribution in [0.15, 0.2) is 0 Å². The van der Waals surface area contributed by atoms with Crippen molar-refractivity contribution in [1.29, 1.82) is 0 Å². The number of carboxylic acid groups (broad SMARTS) is 1. The second kappa shape index (κ2) is 5.99. The van der Waals surface area contributed by atoms with Gasteiger partial charge < -0.3 is 5.11 Å². The maximum atomic E-state index is 11.3. The number of rotatable bonds is 5. The van der Waals surface area contributed by atoms with Gasteiger partial charge >= 0.3 is 5.97 Å². The molecule has 5 nitrogen and oxygen atoms in total. The Morgan fingerprint density at radius 1 is 0.944 bits per heavy atom. The van der Waals surface area contributed by atoms with Gasteiger partial charge in [-0.15, -0.1) is 0 Å². The molecule has 100 valence electrons. The van der Waals surface area contributed by atoms with E-state index in [0.29, 0.717) is 0 Å². The molecule has 0 aromatic heterocycles. The van der Waals surface area contributed by atoms with E-state index < -0.39 is 51.8 Å². The summed E-state index contributed by atoms with van der Waals surface area (Å²) in [5, 5.41) is 6.29. The molecule has 1 rings (SSSR count). The molecule has 18 heavy (non-hydrogen) atoms. The molecular weight excluding hydrogens is 306 g/mol. The Kier molecular flexibility index (Phi) is 5.13. The van der Waals surface area contributed by atoms with Gasteiger partial charge in [0, 0.05) is 24.2 Å². The average Bonchev–Trinajstić information content (AvgIpc) is 2.56. The molecule has 0 aromatic carbocycles. The maximum absolute atomic E-state index is 11.3. The fourth-order valence-corrected chi connectivity index (χ4v) is 3.23. The molecule has 1 N–H and O–H groups in total. The number of carboxylic acids is 1. The third-order valence-corrected chi connectivity index (χ3v) is 3.99. The lowest BCUT2D eigenvalue weighted by molar-refractivity contribution is -0.139. The van der Waals surface area contributed by atoms with Crippen LogP contribution in [0.1, 0.15) is 12.8 Å². The van der Waals surface area contributed by atoms with Gasteiger partial charge in [0.05, 0.1) is 0 Å². The third-order valence-electron chi connectivity index (χ3n) is 3.17. The van der Waals surface area contributed by atoms with E-state index in [2.05, 4.69) is 0 Å². The summed E-state index contributed by atoms with van der Waals surface area (Å²) in [7, 11) is 0. The zero-order chi connectivity index (χ0) is 14.0. The third kappa shape index (κ3) is 3.22. The van der Waals surface area contributed by atoms with Gasteiger partial charge in [0.2, 0.25) is 15.7 Å². The molecule has 0 aromatic rings. The number of carbonyl (C=O) groups is 4. The van der Waals surface area contributed by atoms with Gasteiger partial charge in [0.1, 0.15) is 0 Å². The Morgan fingerprint density at radius 3 is 1.78 bits per heavy atom. The highest BCUT2D eigenvalue weighted by atomic mass is 35.5. The van der Waals surface area contributed by atoms with Gasteiger partial charge in [-0.3, -0.25) is 19.2 Å². The van der Waals surface area contributed by atoms with E-state index in [1.54, 1.807) is 0 Å². The van der Waals surface area contributed by atoms with E-state index in [4.69, 9.17) is 39.9 Å². The van der Waals surface area contributed by atoms with Crippen LogP contribution in [0.3, 0.4) is 0 Å². The first-order valence-electron chi connectivity index (χ1n) is 5.05.